The molecule has 1 aromatic heterocycles. The molecule has 3 atom stereocenters. The molecule has 0 bridgehead atoms. The third kappa shape index (κ3) is 4.41. The fourth-order valence-corrected chi connectivity index (χ4v) is 4.33. The summed E-state index contributed by atoms with van der Waals surface area (Å²) in [6.07, 6.45) is 0.376. The largest absolute Gasteiger partial charge is 0.374 e. The van der Waals surface area contributed by atoms with Gasteiger partial charge in [0.05, 0.1) is 11.6 Å². The summed E-state index contributed by atoms with van der Waals surface area (Å²) < 4.78 is 0. The molecular formula is C23H24N6O4. The highest BCUT2D eigenvalue weighted by molar-refractivity contribution is 6.00. The second kappa shape index (κ2) is 8.83. The molecule has 2 aliphatic heterocycles. The summed E-state index contributed by atoms with van der Waals surface area (Å²) in [7, 11) is 0. The number of hydrogen-bond donors (Lipinski definition) is 5. The number of rotatable bonds is 6. The highest BCUT2D eigenvalue weighted by Crippen LogP contribution is 2.35. The number of para-hydroxylation sites is 1. The minimum Gasteiger partial charge on any atom is -0.374 e. The van der Waals surface area contributed by atoms with E-state index < -0.39 is 18.6 Å². The number of aliphatic hydroxyl groups excluding tert-OH is 2. The maximum Gasteiger partial charge on any atom is 0.244 e. The summed E-state index contributed by atoms with van der Waals surface area (Å²) in [5.74, 6) is -0.340. The van der Waals surface area contributed by atoms with Crippen LogP contribution in [0, 0.1) is 0 Å². The van der Waals surface area contributed by atoms with E-state index >= 15 is 0 Å². The highest BCUT2D eigenvalue weighted by atomic mass is 16.3. The first-order valence-corrected chi connectivity index (χ1v) is 10.8. The molecule has 2 aliphatic rings. The molecule has 0 aliphatic carbocycles. The van der Waals surface area contributed by atoms with Crippen LogP contribution in [0.3, 0.4) is 0 Å². The van der Waals surface area contributed by atoms with E-state index in [4.69, 9.17) is 0 Å². The van der Waals surface area contributed by atoms with E-state index in [0.29, 0.717) is 25.5 Å². The summed E-state index contributed by atoms with van der Waals surface area (Å²) in [6, 6.07) is 12.7. The molecule has 0 radical (unpaired) electrons. The zero-order valence-corrected chi connectivity index (χ0v) is 17.7. The molecule has 33 heavy (non-hydrogen) atoms. The maximum atomic E-state index is 12.2. The van der Waals surface area contributed by atoms with Crippen LogP contribution < -0.4 is 16.0 Å². The first-order chi connectivity index (χ1) is 16.0. The minimum atomic E-state index is -1.06. The molecule has 170 valence electrons. The number of aromatic nitrogens is 2. The van der Waals surface area contributed by atoms with Gasteiger partial charge in [0.1, 0.15) is 6.23 Å². The Bertz CT molecular complexity index is 1220. The number of piperidine rings is 1. The lowest BCUT2D eigenvalue weighted by Crippen LogP contribution is -2.51. The molecule has 10 nitrogen and oxygen atoms in total. The van der Waals surface area contributed by atoms with Crippen LogP contribution >= 0.6 is 0 Å². The Morgan fingerprint density at radius 2 is 2.06 bits per heavy atom. The molecule has 3 aromatic rings. The Labute approximate surface area is 189 Å². The fourth-order valence-electron chi connectivity index (χ4n) is 4.33. The van der Waals surface area contributed by atoms with Gasteiger partial charge in [-0.3, -0.25) is 25.1 Å². The third-order valence-electron chi connectivity index (χ3n) is 6.02. The van der Waals surface area contributed by atoms with Gasteiger partial charge >= 0.3 is 0 Å². The van der Waals surface area contributed by atoms with Crippen molar-refractivity contribution in [3.63, 3.8) is 0 Å². The van der Waals surface area contributed by atoms with Crippen molar-refractivity contribution in [1.82, 2.24) is 25.5 Å². The molecule has 2 amide bonds. The van der Waals surface area contributed by atoms with Gasteiger partial charge in [0.2, 0.25) is 17.8 Å². The molecule has 3 unspecified atom stereocenters. The number of hydrogen-bond acceptors (Lipinski definition) is 9. The van der Waals surface area contributed by atoms with Gasteiger partial charge in [0.25, 0.3) is 0 Å². The zero-order chi connectivity index (χ0) is 22.9. The molecule has 0 spiro atoms. The van der Waals surface area contributed by atoms with Crippen LogP contribution in [-0.2, 0) is 22.7 Å². The van der Waals surface area contributed by atoms with Gasteiger partial charge in [0.15, 0.2) is 6.35 Å². The van der Waals surface area contributed by atoms with Crippen molar-refractivity contribution in [2.45, 2.75) is 44.6 Å². The van der Waals surface area contributed by atoms with Crippen molar-refractivity contribution in [3.8, 4) is 0 Å². The number of fused-ring (bicyclic) bond motifs is 2. The Balaban J connectivity index is 1.20. The van der Waals surface area contributed by atoms with Crippen LogP contribution in [0.1, 0.15) is 35.8 Å². The summed E-state index contributed by atoms with van der Waals surface area (Å²) >= 11 is 0. The summed E-state index contributed by atoms with van der Waals surface area (Å²) in [6.45, 7) is 0.770. The summed E-state index contributed by atoms with van der Waals surface area (Å²) in [5, 5.41) is 30.1. The second-order valence-electron chi connectivity index (χ2n) is 8.23. The topological polar surface area (TPSA) is 140 Å². The van der Waals surface area contributed by atoms with Gasteiger partial charge in [-0.2, -0.15) is 0 Å². The van der Waals surface area contributed by atoms with Crippen molar-refractivity contribution in [2.24, 2.45) is 0 Å². The number of anilines is 1. The number of amides is 2. The number of carbonyl (C=O) groups is 2. The maximum absolute atomic E-state index is 12.2. The van der Waals surface area contributed by atoms with Crippen molar-refractivity contribution in [2.75, 3.05) is 5.32 Å². The Kier molecular flexibility index (Phi) is 5.73. The first kappa shape index (κ1) is 21.4. The zero-order valence-electron chi connectivity index (χ0n) is 17.7. The monoisotopic (exact) mass is 448 g/mol. The number of aliphatic hydroxyl groups is 2. The summed E-state index contributed by atoms with van der Waals surface area (Å²) in [4.78, 5) is 33.9. The van der Waals surface area contributed by atoms with Crippen LogP contribution in [0.5, 0.6) is 0 Å². The average molecular weight is 448 g/mol. The van der Waals surface area contributed by atoms with E-state index in [2.05, 4.69) is 25.9 Å². The number of imide groups is 1. The standard InChI is InChI=1S/C23H24N6O4/c30-19-8-7-18(20(31)27-19)29-12-15-9-13(5-6-16(15)21(29)32)10-25-23(33)28-22-24-11-14-3-1-2-4-17(14)26-22/h1-6,9,11,18,21,23,25,32-33H,7-8,10,12H2,(H,24,26,28)(H,27,30,31). The van der Waals surface area contributed by atoms with Gasteiger partial charge in [-0.15, -0.1) is 0 Å². The van der Waals surface area contributed by atoms with Crippen molar-refractivity contribution < 1.29 is 19.8 Å². The van der Waals surface area contributed by atoms with E-state index in [1.807, 2.05) is 42.5 Å². The Hall–Kier alpha value is -3.44. The lowest BCUT2D eigenvalue weighted by molar-refractivity contribution is -0.141. The van der Waals surface area contributed by atoms with E-state index in [9.17, 15) is 19.8 Å². The highest BCUT2D eigenvalue weighted by Gasteiger charge is 2.39. The van der Waals surface area contributed by atoms with Crippen LogP contribution in [0.15, 0.2) is 48.7 Å². The van der Waals surface area contributed by atoms with E-state index in [-0.39, 0.29) is 18.2 Å². The van der Waals surface area contributed by atoms with E-state index in [0.717, 1.165) is 27.6 Å². The van der Waals surface area contributed by atoms with Crippen molar-refractivity contribution >= 4 is 28.7 Å². The molecule has 5 N–H and O–H groups in total. The fraction of sp³-hybridized carbons (Fsp3) is 0.304. The van der Waals surface area contributed by atoms with Gasteiger partial charge in [-0.1, -0.05) is 36.4 Å². The molecule has 10 heteroatoms. The van der Waals surface area contributed by atoms with Crippen LogP contribution in [0.25, 0.3) is 10.9 Å². The molecule has 1 saturated heterocycles. The quantitative estimate of drug-likeness (QED) is 0.273. The third-order valence-corrected chi connectivity index (χ3v) is 6.02. The second-order valence-corrected chi connectivity index (χ2v) is 8.23. The predicted molar refractivity (Wildman–Crippen MR) is 119 cm³/mol. The normalized spacial score (nSPS) is 21.6. The van der Waals surface area contributed by atoms with Gasteiger partial charge in [0, 0.05) is 31.1 Å². The van der Waals surface area contributed by atoms with Gasteiger partial charge in [-0.05, 0) is 29.2 Å². The number of nitrogens with zero attached hydrogens (tertiary/aromatic N) is 3. The lowest BCUT2D eigenvalue weighted by Gasteiger charge is -2.31. The molecule has 2 aromatic carbocycles. The summed E-state index contributed by atoms with van der Waals surface area (Å²) in [5.41, 5.74) is 3.34. The number of benzene rings is 2. The van der Waals surface area contributed by atoms with Crippen LogP contribution in [0.4, 0.5) is 5.95 Å². The molecular weight excluding hydrogens is 424 g/mol. The SMILES string of the molecule is O=C1CCC(N2Cc3cc(CNC(O)Nc4ncc5ccccc5n4)ccc3C2O)C(=O)N1. The smallest absolute Gasteiger partial charge is 0.244 e. The average Bonchev–Trinajstić information content (AvgIpc) is 3.13. The molecule has 1 fully saturated rings. The van der Waals surface area contributed by atoms with Gasteiger partial charge in [-0.25, -0.2) is 9.97 Å². The number of carbonyl (C=O) groups excluding carboxylic acids is 2. The van der Waals surface area contributed by atoms with E-state index in [1.54, 1.807) is 11.1 Å². The van der Waals surface area contributed by atoms with Crippen molar-refractivity contribution in [3.05, 3.63) is 65.4 Å². The minimum absolute atomic E-state index is 0.261. The van der Waals surface area contributed by atoms with Crippen LogP contribution in [0.2, 0.25) is 0 Å². The Morgan fingerprint density at radius 1 is 1.21 bits per heavy atom. The first-order valence-electron chi connectivity index (χ1n) is 10.8. The molecule has 0 saturated carbocycles. The van der Waals surface area contributed by atoms with Gasteiger partial charge < -0.3 is 15.5 Å². The number of nitrogens with one attached hydrogen (secondary N) is 3. The molecule has 5 rings (SSSR count). The van der Waals surface area contributed by atoms with E-state index in [1.165, 1.54) is 0 Å². The lowest BCUT2D eigenvalue weighted by atomic mass is 10.0. The van der Waals surface area contributed by atoms with Crippen LogP contribution in [-0.4, -0.2) is 49.3 Å². The predicted octanol–water partition coefficient (Wildman–Crippen LogP) is 0.719. The Morgan fingerprint density at radius 3 is 2.91 bits per heavy atom. The molecule has 3 heterocycles. The van der Waals surface area contributed by atoms with Crippen molar-refractivity contribution in [1.29, 1.82) is 0 Å².